The van der Waals surface area contributed by atoms with Gasteiger partial charge in [0.1, 0.15) is 5.65 Å². The van der Waals surface area contributed by atoms with Crippen LogP contribution in [0.15, 0.2) is 30.6 Å². The molecule has 0 amide bonds. The molecule has 0 saturated carbocycles. The number of carboxylic acid groups (broad SMARTS) is 1. The second-order valence-electron chi connectivity index (χ2n) is 4.76. The third-order valence-electron chi connectivity index (χ3n) is 3.42. The SMILES string of the molecule is O=C(O)[C@@H]1CCN(Cc2cn3ccccc3n2)C1. The van der Waals surface area contributed by atoms with Crippen LogP contribution >= 0.6 is 0 Å². The first-order valence-corrected chi connectivity index (χ1v) is 6.10. The van der Waals surface area contributed by atoms with Gasteiger partial charge >= 0.3 is 5.97 Å². The number of hydrogen-bond donors (Lipinski definition) is 1. The molecule has 18 heavy (non-hydrogen) atoms. The number of fused-ring (bicyclic) bond motifs is 1. The summed E-state index contributed by atoms with van der Waals surface area (Å²) < 4.78 is 1.99. The summed E-state index contributed by atoms with van der Waals surface area (Å²) in [5, 5.41) is 8.97. The van der Waals surface area contributed by atoms with Gasteiger partial charge in [-0.1, -0.05) is 6.07 Å². The smallest absolute Gasteiger partial charge is 0.307 e. The van der Waals surface area contributed by atoms with E-state index in [1.165, 1.54) is 0 Å². The lowest BCUT2D eigenvalue weighted by molar-refractivity contribution is -0.141. The van der Waals surface area contributed by atoms with Gasteiger partial charge in [0.15, 0.2) is 0 Å². The van der Waals surface area contributed by atoms with Crippen LogP contribution in [-0.4, -0.2) is 38.4 Å². The van der Waals surface area contributed by atoms with Crippen LogP contribution in [0.4, 0.5) is 0 Å². The molecule has 1 N–H and O–H groups in total. The van der Waals surface area contributed by atoms with Crippen LogP contribution in [-0.2, 0) is 11.3 Å². The summed E-state index contributed by atoms with van der Waals surface area (Å²) in [5.41, 5.74) is 1.92. The average molecular weight is 245 g/mol. The van der Waals surface area contributed by atoms with E-state index in [9.17, 15) is 4.79 Å². The zero-order chi connectivity index (χ0) is 12.5. The summed E-state index contributed by atoms with van der Waals surface area (Å²) in [4.78, 5) is 17.6. The monoisotopic (exact) mass is 245 g/mol. The number of carbonyl (C=O) groups is 1. The van der Waals surface area contributed by atoms with Crippen molar-refractivity contribution in [3.05, 3.63) is 36.3 Å². The molecular weight excluding hydrogens is 230 g/mol. The number of aliphatic carboxylic acids is 1. The number of aromatic nitrogens is 2. The molecule has 1 aliphatic heterocycles. The van der Waals surface area contributed by atoms with Crippen molar-refractivity contribution >= 4 is 11.6 Å². The molecule has 3 heterocycles. The third kappa shape index (κ3) is 2.09. The summed E-state index contributed by atoms with van der Waals surface area (Å²) in [6.07, 6.45) is 4.71. The number of imidazole rings is 1. The highest BCUT2D eigenvalue weighted by Gasteiger charge is 2.28. The fraction of sp³-hybridized carbons (Fsp3) is 0.385. The normalized spacial score (nSPS) is 20.6. The van der Waals surface area contributed by atoms with Crippen LogP contribution in [0.1, 0.15) is 12.1 Å². The van der Waals surface area contributed by atoms with Gasteiger partial charge in [-0.15, -0.1) is 0 Å². The Bertz CT molecular complexity index is 545. The molecule has 2 aromatic heterocycles. The van der Waals surface area contributed by atoms with Crippen LogP contribution in [0.3, 0.4) is 0 Å². The van der Waals surface area contributed by atoms with Gasteiger partial charge < -0.3 is 9.51 Å². The van der Waals surface area contributed by atoms with Gasteiger partial charge in [0.05, 0.1) is 11.6 Å². The Balaban J connectivity index is 1.71. The van der Waals surface area contributed by atoms with Crippen molar-refractivity contribution in [2.45, 2.75) is 13.0 Å². The highest BCUT2D eigenvalue weighted by atomic mass is 16.4. The van der Waals surface area contributed by atoms with E-state index in [0.29, 0.717) is 6.54 Å². The minimum absolute atomic E-state index is 0.220. The fourth-order valence-electron chi connectivity index (χ4n) is 2.47. The fourth-order valence-corrected chi connectivity index (χ4v) is 2.47. The first-order chi connectivity index (χ1) is 8.72. The molecule has 1 fully saturated rings. The summed E-state index contributed by atoms with van der Waals surface area (Å²) >= 11 is 0. The highest BCUT2D eigenvalue weighted by Crippen LogP contribution is 2.18. The number of hydrogen-bond acceptors (Lipinski definition) is 3. The summed E-state index contributed by atoms with van der Waals surface area (Å²) in [6.45, 7) is 2.19. The summed E-state index contributed by atoms with van der Waals surface area (Å²) in [7, 11) is 0. The maximum atomic E-state index is 10.9. The van der Waals surface area contributed by atoms with E-state index in [0.717, 1.165) is 30.9 Å². The van der Waals surface area contributed by atoms with Gasteiger partial charge in [-0.05, 0) is 25.1 Å². The lowest BCUT2D eigenvalue weighted by atomic mass is 10.1. The van der Waals surface area contributed by atoms with E-state index in [1.807, 2.05) is 35.0 Å². The molecular formula is C13H15N3O2. The van der Waals surface area contributed by atoms with Crippen molar-refractivity contribution in [2.24, 2.45) is 5.92 Å². The van der Waals surface area contributed by atoms with Crippen LogP contribution < -0.4 is 0 Å². The van der Waals surface area contributed by atoms with E-state index in [-0.39, 0.29) is 5.92 Å². The van der Waals surface area contributed by atoms with E-state index in [2.05, 4.69) is 9.88 Å². The van der Waals surface area contributed by atoms with Gasteiger partial charge in [0, 0.05) is 25.5 Å². The van der Waals surface area contributed by atoms with E-state index in [4.69, 9.17) is 5.11 Å². The van der Waals surface area contributed by atoms with E-state index >= 15 is 0 Å². The molecule has 5 heteroatoms. The number of nitrogens with zero attached hydrogens (tertiary/aromatic N) is 3. The molecule has 1 atom stereocenters. The highest BCUT2D eigenvalue weighted by molar-refractivity contribution is 5.70. The molecule has 0 aliphatic carbocycles. The van der Waals surface area contributed by atoms with Crippen molar-refractivity contribution in [2.75, 3.05) is 13.1 Å². The Hall–Kier alpha value is -1.88. The molecule has 0 aromatic carbocycles. The molecule has 0 spiro atoms. The van der Waals surface area contributed by atoms with Crippen molar-refractivity contribution in [3.8, 4) is 0 Å². The van der Waals surface area contributed by atoms with Crippen LogP contribution in [0, 0.1) is 5.92 Å². The van der Waals surface area contributed by atoms with Crippen molar-refractivity contribution < 1.29 is 9.90 Å². The van der Waals surface area contributed by atoms with Crippen LogP contribution in [0.2, 0.25) is 0 Å². The first kappa shape index (κ1) is 11.2. The Morgan fingerprint density at radius 1 is 1.50 bits per heavy atom. The molecule has 0 radical (unpaired) electrons. The molecule has 0 bridgehead atoms. The maximum Gasteiger partial charge on any atom is 0.307 e. The number of pyridine rings is 1. The predicted octanol–water partition coefficient (Wildman–Crippen LogP) is 1.24. The standard InChI is InChI=1S/C13H15N3O2/c17-13(18)10-4-6-15(7-10)8-11-9-16-5-2-1-3-12(16)14-11/h1-3,5,9-10H,4,6-8H2,(H,17,18)/t10-/m1/s1. The first-order valence-electron chi connectivity index (χ1n) is 6.10. The molecule has 2 aromatic rings. The van der Waals surface area contributed by atoms with Gasteiger partial charge in [-0.3, -0.25) is 9.69 Å². The lowest BCUT2D eigenvalue weighted by Crippen LogP contribution is -2.22. The van der Waals surface area contributed by atoms with Gasteiger partial charge in [0.25, 0.3) is 0 Å². The molecule has 5 nitrogen and oxygen atoms in total. The topological polar surface area (TPSA) is 57.8 Å². The minimum Gasteiger partial charge on any atom is -0.481 e. The molecule has 1 aliphatic rings. The van der Waals surface area contributed by atoms with Crippen LogP contribution in [0.5, 0.6) is 0 Å². The summed E-state index contributed by atoms with van der Waals surface area (Å²) in [6, 6.07) is 5.89. The van der Waals surface area contributed by atoms with E-state index in [1.54, 1.807) is 0 Å². The van der Waals surface area contributed by atoms with Crippen LogP contribution in [0.25, 0.3) is 5.65 Å². The Labute approximate surface area is 105 Å². The molecule has 94 valence electrons. The molecule has 3 rings (SSSR count). The Morgan fingerprint density at radius 3 is 3.11 bits per heavy atom. The van der Waals surface area contributed by atoms with Gasteiger partial charge in [0.2, 0.25) is 0 Å². The number of carboxylic acids is 1. The summed E-state index contributed by atoms with van der Waals surface area (Å²) in [5.74, 6) is -0.908. The van der Waals surface area contributed by atoms with Crippen molar-refractivity contribution in [1.29, 1.82) is 0 Å². The Morgan fingerprint density at radius 2 is 2.39 bits per heavy atom. The Kier molecular flexibility index (Phi) is 2.76. The third-order valence-corrected chi connectivity index (χ3v) is 3.42. The maximum absolute atomic E-state index is 10.9. The molecule has 0 unspecified atom stereocenters. The second kappa shape index (κ2) is 4.42. The van der Waals surface area contributed by atoms with Crippen molar-refractivity contribution in [1.82, 2.24) is 14.3 Å². The predicted molar refractivity (Wildman–Crippen MR) is 66.2 cm³/mol. The molecule has 1 saturated heterocycles. The van der Waals surface area contributed by atoms with E-state index < -0.39 is 5.97 Å². The van der Waals surface area contributed by atoms with Gasteiger partial charge in [-0.2, -0.15) is 0 Å². The zero-order valence-electron chi connectivity index (χ0n) is 9.99. The number of likely N-dealkylation sites (tertiary alicyclic amines) is 1. The second-order valence-corrected chi connectivity index (χ2v) is 4.76. The van der Waals surface area contributed by atoms with Gasteiger partial charge in [-0.25, -0.2) is 4.98 Å². The lowest BCUT2D eigenvalue weighted by Gasteiger charge is -2.12. The minimum atomic E-state index is -0.687. The average Bonchev–Trinajstić information content (AvgIpc) is 2.94. The quantitative estimate of drug-likeness (QED) is 0.884. The zero-order valence-corrected chi connectivity index (χ0v) is 9.99. The van der Waals surface area contributed by atoms with Crippen molar-refractivity contribution in [3.63, 3.8) is 0 Å². The largest absolute Gasteiger partial charge is 0.481 e. The number of rotatable bonds is 3.